The summed E-state index contributed by atoms with van der Waals surface area (Å²) in [5, 5.41) is 0. The third-order valence-electron chi connectivity index (χ3n) is 4.30. The molecule has 0 aliphatic carbocycles. The van der Waals surface area contributed by atoms with Crippen molar-refractivity contribution in [3.8, 4) is 17.2 Å². The monoisotopic (exact) mass is 517 g/mol. The van der Waals surface area contributed by atoms with Gasteiger partial charge in [-0.15, -0.1) is 13.2 Å². The maximum Gasteiger partial charge on any atom is 0.573 e. The Morgan fingerprint density at radius 2 is 1.81 bits per heavy atom. The van der Waals surface area contributed by atoms with Gasteiger partial charge in [0.2, 0.25) is 5.90 Å². The number of benzene rings is 2. The number of aryl methyl sites for hydroxylation is 1. The van der Waals surface area contributed by atoms with Crippen LogP contribution in [-0.4, -0.2) is 43.5 Å². The van der Waals surface area contributed by atoms with Crippen molar-refractivity contribution in [3.63, 3.8) is 0 Å². The lowest BCUT2D eigenvalue weighted by atomic mass is 10.1. The van der Waals surface area contributed by atoms with E-state index in [0.717, 1.165) is 5.56 Å². The Bertz CT molecular complexity index is 980. The van der Waals surface area contributed by atoms with Crippen molar-refractivity contribution in [1.82, 2.24) is 0 Å². The molecule has 11 heteroatoms. The van der Waals surface area contributed by atoms with E-state index in [0.29, 0.717) is 23.0 Å². The van der Waals surface area contributed by atoms with E-state index >= 15 is 0 Å². The maximum atomic E-state index is 12.3. The van der Waals surface area contributed by atoms with Gasteiger partial charge in [-0.3, -0.25) is 0 Å². The summed E-state index contributed by atoms with van der Waals surface area (Å²) in [7, 11) is 1.28. The van der Waals surface area contributed by atoms with Crippen molar-refractivity contribution in [2.45, 2.75) is 24.3 Å². The molecule has 0 radical (unpaired) electrons. The van der Waals surface area contributed by atoms with Gasteiger partial charge >= 0.3 is 12.3 Å². The Hall–Kier alpha value is -2.95. The van der Waals surface area contributed by atoms with Crippen molar-refractivity contribution in [3.05, 3.63) is 53.6 Å². The smallest absolute Gasteiger partial charge is 0.484 e. The number of esters is 1. The van der Waals surface area contributed by atoms with Crippen LogP contribution in [-0.2, 0) is 14.3 Å². The van der Waals surface area contributed by atoms with Gasteiger partial charge in [0.1, 0.15) is 22.2 Å². The molecule has 0 spiro atoms. The minimum atomic E-state index is -4.75. The lowest BCUT2D eigenvalue weighted by Gasteiger charge is -2.16. The number of rotatable bonds is 8. The number of hydrogen-bond acceptors (Lipinski definition) is 7. The van der Waals surface area contributed by atoms with Crippen LogP contribution in [0.2, 0.25) is 0 Å². The first-order valence-electron chi connectivity index (χ1n) is 9.31. The lowest BCUT2D eigenvalue weighted by molar-refractivity contribution is -0.274. The number of alkyl halides is 4. The zero-order valence-electron chi connectivity index (χ0n) is 17.0. The number of ether oxygens (including phenoxy) is 5. The lowest BCUT2D eigenvalue weighted by Crippen LogP contribution is -2.17. The highest BCUT2D eigenvalue weighted by Crippen LogP contribution is 2.34. The minimum Gasteiger partial charge on any atom is -0.484 e. The largest absolute Gasteiger partial charge is 0.573 e. The number of hydrogen-bond donors (Lipinski definition) is 0. The Balaban J connectivity index is 1.54. The maximum absolute atomic E-state index is 12.3. The Kier molecular flexibility index (Phi) is 7.49. The highest BCUT2D eigenvalue weighted by atomic mass is 79.9. The van der Waals surface area contributed by atoms with Gasteiger partial charge in [-0.1, -0.05) is 28.1 Å². The molecule has 2 unspecified atom stereocenters. The van der Waals surface area contributed by atoms with Gasteiger partial charge in [0, 0.05) is 0 Å². The highest BCUT2D eigenvalue weighted by Gasteiger charge is 2.33. The molecule has 2 atom stereocenters. The predicted octanol–water partition coefficient (Wildman–Crippen LogP) is 4.72. The standard InChI is InChI=1S/C21H19BrF3NO6/c1-12-9-15(7-8-16(12)30-11-18(27)28-2)29-10-17-26-20(22)19(31-17)13-3-5-14(6-4-13)32-21(23,24)25/h3-9,19-20H,10-11H2,1-2H3. The number of carbonyl (C=O) groups is 1. The first-order chi connectivity index (χ1) is 15.1. The predicted molar refractivity (Wildman–Crippen MR) is 111 cm³/mol. The van der Waals surface area contributed by atoms with Crippen molar-refractivity contribution < 1.29 is 41.7 Å². The quantitative estimate of drug-likeness (QED) is 0.286. The third kappa shape index (κ3) is 6.52. The van der Waals surface area contributed by atoms with Gasteiger partial charge < -0.3 is 23.7 Å². The summed E-state index contributed by atoms with van der Waals surface area (Å²) in [6.07, 6.45) is -5.27. The molecule has 0 N–H and O–H groups in total. The third-order valence-corrected chi connectivity index (χ3v) is 4.99. The average molecular weight is 518 g/mol. The van der Waals surface area contributed by atoms with Crippen LogP contribution in [0.15, 0.2) is 47.5 Å². The van der Waals surface area contributed by atoms with Gasteiger partial charge in [0.15, 0.2) is 19.3 Å². The van der Waals surface area contributed by atoms with Crippen molar-refractivity contribution in [1.29, 1.82) is 0 Å². The second-order valence-corrected chi connectivity index (χ2v) is 7.57. The van der Waals surface area contributed by atoms with Crippen molar-refractivity contribution in [2.24, 2.45) is 4.99 Å². The second kappa shape index (κ2) is 10.1. The van der Waals surface area contributed by atoms with Crippen LogP contribution >= 0.6 is 15.9 Å². The molecule has 0 fully saturated rings. The molecule has 2 aromatic rings. The Labute approximate surface area is 190 Å². The SMILES string of the molecule is COC(=O)COc1ccc(OCC2=NC(Br)C(c3ccc(OC(F)(F)F)cc3)O2)cc1C. The first-order valence-corrected chi connectivity index (χ1v) is 10.2. The van der Waals surface area contributed by atoms with Crippen LogP contribution in [0.5, 0.6) is 17.2 Å². The zero-order valence-corrected chi connectivity index (χ0v) is 18.6. The number of methoxy groups -OCH3 is 1. The molecule has 1 aliphatic rings. The van der Waals surface area contributed by atoms with Crippen LogP contribution in [0, 0.1) is 6.92 Å². The van der Waals surface area contributed by atoms with Crippen molar-refractivity contribution in [2.75, 3.05) is 20.3 Å². The molecule has 0 amide bonds. The zero-order chi connectivity index (χ0) is 23.3. The minimum absolute atomic E-state index is 0.0513. The van der Waals surface area contributed by atoms with E-state index in [4.69, 9.17) is 14.2 Å². The van der Waals surface area contributed by atoms with E-state index in [1.807, 2.05) is 0 Å². The van der Waals surface area contributed by atoms with E-state index in [2.05, 4.69) is 30.4 Å². The van der Waals surface area contributed by atoms with Crippen LogP contribution in [0.4, 0.5) is 13.2 Å². The molecule has 1 heterocycles. The van der Waals surface area contributed by atoms with Gasteiger partial charge in [-0.05, 0) is 48.4 Å². The number of aliphatic imine (C=N–C) groups is 1. The summed E-state index contributed by atoms with van der Waals surface area (Å²) in [6, 6.07) is 10.5. The molecule has 0 aromatic heterocycles. The highest BCUT2D eigenvalue weighted by molar-refractivity contribution is 9.09. The normalized spacial score (nSPS) is 17.9. The summed E-state index contributed by atoms with van der Waals surface area (Å²) >= 11 is 3.40. The molecule has 7 nitrogen and oxygen atoms in total. The topological polar surface area (TPSA) is 75.6 Å². The van der Waals surface area contributed by atoms with Crippen molar-refractivity contribution >= 4 is 27.8 Å². The Morgan fingerprint density at radius 3 is 2.44 bits per heavy atom. The fraction of sp³-hybridized carbons (Fsp3) is 0.333. The molecule has 1 aliphatic heterocycles. The first kappa shape index (κ1) is 23.7. The van der Waals surface area contributed by atoms with Crippen LogP contribution in [0.25, 0.3) is 0 Å². The fourth-order valence-electron chi connectivity index (χ4n) is 2.81. The van der Waals surface area contributed by atoms with Crippen LogP contribution < -0.4 is 14.2 Å². The molecule has 32 heavy (non-hydrogen) atoms. The average Bonchev–Trinajstić information content (AvgIpc) is 3.11. The van der Waals surface area contributed by atoms with Gasteiger partial charge in [-0.2, -0.15) is 0 Å². The van der Waals surface area contributed by atoms with E-state index in [1.54, 1.807) is 25.1 Å². The van der Waals surface area contributed by atoms with Gasteiger partial charge in [-0.25, -0.2) is 9.79 Å². The fourth-order valence-corrected chi connectivity index (χ4v) is 3.45. The molecule has 3 rings (SSSR count). The molecular formula is C21H19BrF3NO6. The van der Waals surface area contributed by atoms with Gasteiger partial charge in [0.05, 0.1) is 7.11 Å². The summed E-state index contributed by atoms with van der Waals surface area (Å²) in [6.45, 7) is 1.66. The van der Waals surface area contributed by atoms with E-state index in [-0.39, 0.29) is 19.0 Å². The molecule has 2 aromatic carbocycles. The van der Waals surface area contributed by atoms with E-state index < -0.39 is 23.4 Å². The number of nitrogens with zero attached hydrogens (tertiary/aromatic N) is 1. The van der Waals surface area contributed by atoms with E-state index in [9.17, 15) is 18.0 Å². The molecular weight excluding hydrogens is 499 g/mol. The summed E-state index contributed by atoms with van der Waals surface area (Å²) in [5.74, 6) is 0.598. The van der Waals surface area contributed by atoms with Gasteiger partial charge in [0.25, 0.3) is 0 Å². The number of halogens is 4. The van der Waals surface area contributed by atoms with E-state index in [1.165, 1.54) is 31.4 Å². The molecule has 172 valence electrons. The van der Waals surface area contributed by atoms with Crippen LogP contribution in [0.1, 0.15) is 17.2 Å². The molecule has 0 bridgehead atoms. The summed E-state index contributed by atoms with van der Waals surface area (Å²) in [4.78, 5) is 15.1. The summed E-state index contributed by atoms with van der Waals surface area (Å²) in [5.41, 5.74) is 1.39. The molecule has 0 saturated heterocycles. The summed E-state index contributed by atoms with van der Waals surface area (Å²) < 4.78 is 62.2. The molecule has 0 saturated carbocycles. The van der Waals surface area contributed by atoms with Crippen LogP contribution in [0.3, 0.4) is 0 Å². The number of carbonyl (C=O) groups excluding carboxylic acids is 1. The Morgan fingerprint density at radius 1 is 1.12 bits per heavy atom. The second-order valence-electron chi connectivity index (χ2n) is 6.63.